The van der Waals surface area contributed by atoms with E-state index < -0.39 is 17.4 Å². The van der Waals surface area contributed by atoms with Gasteiger partial charge in [0.05, 0.1) is 10.9 Å². The zero-order valence-electron chi connectivity index (χ0n) is 9.48. The van der Waals surface area contributed by atoms with Gasteiger partial charge in [0.1, 0.15) is 0 Å². The molecule has 0 aliphatic carbocycles. The number of nitrogens with zero attached hydrogens (tertiary/aromatic N) is 1. The molecule has 0 unspecified atom stereocenters. The molecule has 0 spiro atoms. The number of hydrogen-bond donors (Lipinski definition) is 3. The molecule has 7 heteroatoms. The van der Waals surface area contributed by atoms with E-state index in [-0.39, 0.29) is 16.8 Å². The summed E-state index contributed by atoms with van der Waals surface area (Å²) in [5.74, 6) is -1.21. The minimum absolute atomic E-state index is 0.0816. The number of hydrogen-bond acceptors (Lipinski definition) is 4. The van der Waals surface area contributed by atoms with Crippen molar-refractivity contribution in [2.45, 2.75) is 0 Å². The number of rotatable bonds is 2. The number of primary amides is 1. The average Bonchev–Trinajstić information content (AvgIpc) is 2.37. The number of nitrogens with two attached hydrogens (primary N) is 1. The van der Waals surface area contributed by atoms with Crippen molar-refractivity contribution in [2.24, 2.45) is 5.73 Å². The van der Waals surface area contributed by atoms with Crippen LogP contribution in [-0.2, 0) is 0 Å². The maximum Gasteiger partial charge on any atom is 0.286 e. The molecule has 1 heterocycles. The molecular weight excluding hydrogens is 236 g/mol. The van der Waals surface area contributed by atoms with Crippen molar-refractivity contribution in [3.8, 4) is 0 Å². The van der Waals surface area contributed by atoms with E-state index in [0.717, 1.165) is 0 Å². The van der Waals surface area contributed by atoms with Crippen molar-refractivity contribution in [2.75, 3.05) is 7.05 Å². The van der Waals surface area contributed by atoms with Crippen LogP contribution in [0, 0.1) is 0 Å². The van der Waals surface area contributed by atoms with E-state index in [2.05, 4.69) is 15.3 Å². The van der Waals surface area contributed by atoms with Crippen LogP contribution in [0.5, 0.6) is 0 Å². The Hall–Kier alpha value is -2.70. The summed E-state index contributed by atoms with van der Waals surface area (Å²) >= 11 is 0. The van der Waals surface area contributed by atoms with Gasteiger partial charge in [-0.2, -0.15) is 0 Å². The Balaban J connectivity index is 2.70. The average molecular weight is 246 g/mol. The summed E-state index contributed by atoms with van der Waals surface area (Å²) < 4.78 is 0. The molecule has 7 nitrogen and oxygen atoms in total. The molecule has 92 valence electrons. The first-order valence-electron chi connectivity index (χ1n) is 5.09. The van der Waals surface area contributed by atoms with Crippen LogP contribution in [-0.4, -0.2) is 28.8 Å². The first kappa shape index (κ1) is 11.8. The molecule has 0 atom stereocenters. The van der Waals surface area contributed by atoms with Gasteiger partial charge in [0, 0.05) is 12.6 Å². The fraction of sp³-hybridized carbons (Fsp3) is 0.0909. The van der Waals surface area contributed by atoms with Crippen LogP contribution in [0.2, 0.25) is 0 Å². The van der Waals surface area contributed by atoms with Gasteiger partial charge in [0.15, 0.2) is 5.82 Å². The smallest absolute Gasteiger partial charge is 0.286 e. The van der Waals surface area contributed by atoms with E-state index >= 15 is 0 Å². The zero-order chi connectivity index (χ0) is 13.3. The van der Waals surface area contributed by atoms with Crippen molar-refractivity contribution in [1.29, 1.82) is 0 Å². The van der Waals surface area contributed by atoms with Crippen LogP contribution in [0.1, 0.15) is 21.0 Å². The molecule has 2 rings (SSSR count). The van der Waals surface area contributed by atoms with E-state index in [0.29, 0.717) is 5.52 Å². The maximum absolute atomic E-state index is 11.8. The summed E-state index contributed by atoms with van der Waals surface area (Å²) in [4.78, 5) is 40.5. The molecule has 0 saturated carbocycles. The van der Waals surface area contributed by atoms with E-state index in [9.17, 15) is 14.4 Å². The van der Waals surface area contributed by atoms with E-state index in [1.165, 1.54) is 25.2 Å². The molecule has 0 radical (unpaired) electrons. The Morgan fingerprint density at radius 2 is 2.11 bits per heavy atom. The molecule has 0 bridgehead atoms. The Morgan fingerprint density at radius 3 is 2.72 bits per heavy atom. The molecule has 1 aromatic heterocycles. The number of carbonyl (C=O) groups excluding carboxylic acids is 2. The molecule has 0 saturated heterocycles. The summed E-state index contributed by atoms with van der Waals surface area (Å²) in [6.07, 6.45) is 0. The molecule has 4 N–H and O–H groups in total. The van der Waals surface area contributed by atoms with Gasteiger partial charge < -0.3 is 16.0 Å². The molecule has 0 fully saturated rings. The highest BCUT2D eigenvalue weighted by molar-refractivity contribution is 5.97. The van der Waals surface area contributed by atoms with E-state index in [4.69, 9.17) is 5.73 Å². The van der Waals surface area contributed by atoms with Crippen molar-refractivity contribution < 1.29 is 9.59 Å². The number of aromatic amines is 1. The second-order valence-electron chi connectivity index (χ2n) is 3.59. The number of benzene rings is 1. The predicted molar refractivity (Wildman–Crippen MR) is 64.3 cm³/mol. The molecule has 1 aromatic carbocycles. The van der Waals surface area contributed by atoms with Gasteiger partial charge in [-0.15, -0.1) is 0 Å². The minimum atomic E-state index is -0.633. The Bertz CT molecular complexity index is 705. The third kappa shape index (κ3) is 1.93. The van der Waals surface area contributed by atoms with Crippen molar-refractivity contribution in [3.63, 3.8) is 0 Å². The van der Waals surface area contributed by atoms with Gasteiger partial charge >= 0.3 is 0 Å². The Kier molecular flexibility index (Phi) is 2.80. The highest BCUT2D eigenvalue weighted by atomic mass is 16.2. The van der Waals surface area contributed by atoms with Gasteiger partial charge in [-0.25, -0.2) is 4.98 Å². The highest BCUT2D eigenvalue weighted by Crippen LogP contribution is 2.09. The number of aromatic nitrogens is 2. The Labute approximate surface area is 101 Å². The third-order valence-electron chi connectivity index (χ3n) is 2.43. The number of fused-ring (bicyclic) bond motifs is 1. The molecule has 0 aliphatic rings. The lowest BCUT2D eigenvalue weighted by Gasteiger charge is -2.02. The van der Waals surface area contributed by atoms with Gasteiger partial charge in [0.2, 0.25) is 5.91 Å². The topological polar surface area (TPSA) is 118 Å². The first-order valence-corrected chi connectivity index (χ1v) is 5.09. The van der Waals surface area contributed by atoms with Crippen LogP contribution in [0.3, 0.4) is 0 Å². The fourth-order valence-corrected chi connectivity index (χ4v) is 1.52. The van der Waals surface area contributed by atoms with Gasteiger partial charge in [-0.1, -0.05) is 0 Å². The molecule has 0 aliphatic heterocycles. The van der Waals surface area contributed by atoms with Gasteiger partial charge in [-0.3, -0.25) is 14.4 Å². The van der Waals surface area contributed by atoms with Crippen LogP contribution in [0.15, 0.2) is 23.0 Å². The van der Waals surface area contributed by atoms with Crippen LogP contribution < -0.4 is 16.6 Å². The van der Waals surface area contributed by atoms with Crippen LogP contribution in [0.4, 0.5) is 0 Å². The lowest BCUT2D eigenvalue weighted by atomic mass is 10.1. The zero-order valence-corrected chi connectivity index (χ0v) is 9.48. The molecule has 18 heavy (non-hydrogen) atoms. The monoisotopic (exact) mass is 246 g/mol. The van der Waals surface area contributed by atoms with Crippen molar-refractivity contribution in [3.05, 3.63) is 39.9 Å². The normalized spacial score (nSPS) is 10.3. The molecular formula is C11H10N4O3. The second-order valence-corrected chi connectivity index (χ2v) is 3.59. The largest absolute Gasteiger partial charge is 0.366 e. The summed E-state index contributed by atoms with van der Waals surface area (Å²) in [5, 5.41) is 2.56. The lowest BCUT2D eigenvalue weighted by Crippen LogP contribution is -2.24. The lowest BCUT2D eigenvalue weighted by molar-refractivity contribution is 0.0951. The number of amides is 2. The van der Waals surface area contributed by atoms with Crippen LogP contribution in [0.25, 0.3) is 10.9 Å². The minimum Gasteiger partial charge on any atom is -0.366 e. The first-order chi connectivity index (χ1) is 8.52. The second kappa shape index (κ2) is 4.28. The van der Waals surface area contributed by atoms with Crippen LogP contribution >= 0.6 is 0 Å². The highest BCUT2D eigenvalue weighted by Gasteiger charge is 2.11. The summed E-state index contributed by atoms with van der Waals surface area (Å²) in [6.45, 7) is 0. The quantitative estimate of drug-likeness (QED) is 0.654. The SMILES string of the molecule is CNC(=O)c1nc2ccc(C(N)=O)cc2c(=O)[nH]1. The van der Waals surface area contributed by atoms with Crippen molar-refractivity contribution >= 4 is 22.7 Å². The van der Waals surface area contributed by atoms with Gasteiger partial charge in [-0.05, 0) is 18.2 Å². The maximum atomic E-state index is 11.8. The summed E-state index contributed by atoms with van der Waals surface area (Å²) in [7, 11) is 1.43. The fourth-order valence-electron chi connectivity index (χ4n) is 1.52. The predicted octanol–water partition coefficient (Wildman–Crippen LogP) is -0.618. The number of carbonyl (C=O) groups is 2. The van der Waals surface area contributed by atoms with Gasteiger partial charge in [0.25, 0.3) is 11.5 Å². The standard InChI is InChI=1S/C11H10N4O3/c1-13-11(18)9-14-7-3-2-5(8(12)16)4-6(7)10(17)15-9/h2-4H,1H3,(H2,12,16)(H,13,18)(H,14,15,17). The van der Waals surface area contributed by atoms with E-state index in [1.807, 2.05) is 0 Å². The Morgan fingerprint density at radius 1 is 1.39 bits per heavy atom. The summed E-state index contributed by atoms with van der Waals surface area (Å²) in [5.41, 5.74) is 5.15. The number of nitrogens with one attached hydrogen (secondary N) is 2. The van der Waals surface area contributed by atoms with Crippen molar-refractivity contribution in [1.82, 2.24) is 15.3 Å². The van der Waals surface area contributed by atoms with E-state index in [1.54, 1.807) is 0 Å². The third-order valence-corrected chi connectivity index (χ3v) is 2.43. The molecule has 2 aromatic rings. The summed E-state index contributed by atoms with van der Waals surface area (Å²) in [6, 6.07) is 4.26. The molecule has 2 amide bonds. The number of H-pyrrole nitrogens is 1.